The van der Waals surface area contributed by atoms with Crippen LogP contribution in [0.1, 0.15) is 97.3 Å². The van der Waals surface area contributed by atoms with E-state index >= 15 is 0 Å². The van der Waals surface area contributed by atoms with Crippen LogP contribution in [-0.2, 0) is 23.9 Å². The van der Waals surface area contributed by atoms with Gasteiger partial charge in [0, 0.05) is 18.3 Å². The van der Waals surface area contributed by atoms with Gasteiger partial charge in [0.15, 0.2) is 5.78 Å². The highest BCUT2D eigenvalue weighted by Gasteiger charge is 2.69. The maximum Gasteiger partial charge on any atom is 0.309 e. The summed E-state index contributed by atoms with van der Waals surface area (Å²) in [7, 11) is 0. The van der Waals surface area contributed by atoms with Gasteiger partial charge in [0.05, 0.1) is 5.92 Å². The minimum absolute atomic E-state index is 0.00779. The first-order chi connectivity index (χ1) is 15.8. The third kappa shape index (κ3) is 3.06. The summed E-state index contributed by atoms with van der Waals surface area (Å²) >= 11 is 0. The first kappa shape index (κ1) is 21.9. The van der Waals surface area contributed by atoms with Crippen LogP contribution in [0.25, 0.3) is 0 Å². The van der Waals surface area contributed by atoms with Crippen LogP contribution in [-0.4, -0.2) is 29.4 Å². The van der Waals surface area contributed by atoms with Crippen molar-refractivity contribution in [1.29, 1.82) is 0 Å². The predicted molar refractivity (Wildman–Crippen MR) is 122 cm³/mol. The van der Waals surface area contributed by atoms with Crippen molar-refractivity contribution in [2.24, 2.45) is 34.5 Å². The molecule has 4 saturated carbocycles. The number of rotatable bonds is 2. The van der Waals surface area contributed by atoms with Crippen LogP contribution in [0.15, 0.2) is 11.6 Å². The Morgan fingerprint density at radius 2 is 1.73 bits per heavy atom. The molecule has 5 fully saturated rings. The number of carbonyl (C=O) groups is 3. The van der Waals surface area contributed by atoms with Crippen LogP contribution >= 0.6 is 0 Å². The number of esters is 2. The molecule has 6 rings (SSSR count). The molecule has 6 aliphatic rings. The largest absolute Gasteiger partial charge is 0.462 e. The Labute approximate surface area is 197 Å². The number of allylic oxidation sites excluding steroid dienone is 1. The van der Waals surface area contributed by atoms with Gasteiger partial charge < -0.3 is 9.47 Å². The molecule has 1 spiro atoms. The summed E-state index contributed by atoms with van der Waals surface area (Å²) in [5.74, 6) is 0.928. The van der Waals surface area contributed by atoms with E-state index in [1.54, 1.807) is 0 Å². The van der Waals surface area contributed by atoms with E-state index < -0.39 is 0 Å². The SMILES string of the molecule is C[C@]12CCC(=O)C=C1C[C@@H](C(=O)OC1CCCC1)[C@H]1[C@H]3CC[C@@]4(CCC(=O)O4)[C@]3(C)CC[C@@H]12. The van der Waals surface area contributed by atoms with Gasteiger partial charge in [0.25, 0.3) is 0 Å². The molecule has 180 valence electrons. The molecule has 0 aromatic heterocycles. The van der Waals surface area contributed by atoms with Crippen molar-refractivity contribution >= 4 is 17.7 Å². The van der Waals surface area contributed by atoms with E-state index in [1.807, 2.05) is 6.08 Å². The van der Waals surface area contributed by atoms with Gasteiger partial charge in [0.2, 0.25) is 0 Å². The number of hydrogen-bond donors (Lipinski definition) is 0. The second-order valence-electron chi connectivity index (χ2n) is 12.5. The minimum atomic E-state index is -0.348. The van der Waals surface area contributed by atoms with E-state index in [0.29, 0.717) is 31.1 Å². The zero-order chi connectivity index (χ0) is 23.0. The van der Waals surface area contributed by atoms with Gasteiger partial charge in [-0.05, 0) is 99.9 Å². The normalized spacial score (nSPS) is 47.0. The summed E-state index contributed by atoms with van der Waals surface area (Å²) in [6, 6.07) is 0. The average molecular weight is 455 g/mol. The van der Waals surface area contributed by atoms with Crippen LogP contribution in [0.5, 0.6) is 0 Å². The highest BCUT2D eigenvalue weighted by molar-refractivity contribution is 5.92. The highest BCUT2D eigenvalue weighted by Crippen LogP contribution is 2.70. The van der Waals surface area contributed by atoms with Crippen molar-refractivity contribution in [1.82, 2.24) is 0 Å². The first-order valence-electron chi connectivity index (χ1n) is 13.4. The van der Waals surface area contributed by atoms with Gasteiger partial charge >= 0.3 is 11.9 Å². The fourth-order valence-electron chi connectivity index (χ4n) is 9.36. The number of ketones is 1. The molecular weight excluding hydrogens is 416 g/mol. The van der Waals surface area contributed by atoms with Crippen molar-refractivity contribution in [3.63, 3.8) is 0 Å². The highest BCUT2D eigenvalue weighted by atomic mass is 16.6. The van der Waals surface area contributed by atoms with Crippen molar-refractivity contribution in [3.8, 4) is 0 Å². The molecule has 7 atom stereocenters. The quantitative estimate of drug-likeness (QED) is 0.529. The van der Waals surface area contributed by atoms with Crippen LogP contribution in [0.3, 0.4) is 0 Å². The van der Waals surface area contributed by atoms with Crippen molar-refractivity contribution in [2.45, 2.75) is 109 Å². The van der Waals surface area contributed by atoms with E-state index in [0.717, 1.165) is 64.2 Å². The summed E-state index contributed by atoms with van der Waals surface area (Å²) in [6.45, 7) is 4.70. The molecule has 5 heteroatoms. The molecule has 5 aliphatic carbocycles. The lowest BCUT2D eigenvalue weighted by molar-refractivity contribution is -0.180. The van der Waals surface area contributed by atoms with E-state index in [-0.39, 0.29) is 52.1 Å². The molecule has 5 nitrogen and oxygen atoms in total. The lowest BCUT2D eigenvalue weighted by atomic mass is 9.44. The lowest BCUT2D eigenvalue weighted by Gasteiger charge is -2.60. The zero-order valence-electron chi connectivity index (χ0n) is 20.2. The van der Waals surface area contributed by atoms with E-state index in [9.17, 15) is 14.4 Å². The Morgan fingerprint density at radius 1 is 0.970 bits per heavy atom. The molecule has 0 aromatic carbocycles. The van der Waals surface area contributed by atoms with Gasteiger partial charge in [-0.25, -0.2) is 0 Å². The summed E-state index contributed by atoms with van der Waals surface area (Å²) in [5, 5.41) is 0. The number of carbonyl (C=O) groups excluding carboxylic acids is 3. The molecule has 0 bridgehead atoms. The molecule has 0 amide bonds. The van der Waals surface area contributed by atoms with Crippen molar-refractivity contribution < 1.29 is 23.9 Å². The summed E-state index contributed by atoms with van der Waals surface area (Å²) in [5.41, 5.74) is 0.761. The average Bonchev–Trinajstić information content (AvgIpc) is 3.49. The Hall–Kier alpha value is -1.65. The summed E-state index contributed by atoms with van der Waals surface area (Å²) in [4.78, 5) is 38.3. The Kier molecular flexibility index (Phi) is 4.92. The third-order valence-corrected chi connectivity index (χ3v) is 11.2. The van der Waals surface area contributed by atoms with E-state index in [4.69, 9.17) is 9.47 Å². The van der Waals surface area contributed by atoms with Gasteiger partial charge in [0.1, 0.15) is 11.7 Å². The van der Waals surface area contributed by atoms with Gasteiger partial charge in [-0.1, -0.05) is 19.4 Å². The van der Waals surface area contributed by atoms with E-state index in [1.165, 1.54) is 5.57 Å². The van der Waals surface area contributed by atoms with Crippen LogP contribution in [0.2, 0.25) is 0 Å². The van der Waals surface area contributed by atoms with Gasteiger partial charge in [-0.3, -0.25) is 14.4 Å². The van der Waals surface area contributed by atoms with E-state index in [2.05, 4.69) is 13.8 Å². The summed E-state index contributed by atoms with van der Waals surface area (Å²) < 4.78 is 12.2. The maximum atomic E-state index is 13.7. The molecule has 1 aliphatic heterocycles. The molecule has 0 aromatic rings. The molecule has 1 heterocycles. The van der Waals surface area contributed by atoms with Gasteiger partial charge in [-0.2, -0.15) is 0 Å². The van der Waals surface area contributed by atoms with Crippen molar-refractivity contribution in [3.05, 3.63) is 11.6 Å². The topological polar surface area (TPSA) is 69.7 Å². The smallest absolute Gasteiger partial charge is 0.309 e. The van der Waals surface area contributed by atoms with Gasteiger partial charge in [-0.15, -0.1) is 0 Å². The van der Waals surface area contributed by atoms with Crippen molar-refractivity contribution in [2.75, 3.05) is 0 Å². The monoisotopic (exact) mass is 454 g/mol. The van der Waals surface area contributed by atoms with Crippen LogP contribution < -0.4 is 0 Å². The van der Waals surface area contributed by atoms with Crippen LogP contribution in [0.4, 0.5) is 0 Å². The molecular formula is C28H38O5. The summed E-state index contributed by atoms with van der Waals surface area (Å²) in [6.07, 6.45) is 13.7. The lowest BCUT2D eigenvalue weighted by Crippen LogP contribution is -2.58. The minimum Gasteiger partial charge on any atom is -0.462 e. The molecule has 33 heavy (non-hydrogen) atoms. The molecule has 0 unspecified atom stereocenters. The Balaban J connectivity index is 1.38. The molecule has 0 radical (unpaired) electrons. The number of hydrogen-bond acceptors (Lipinski definition) is 5. The second-order valence-corrected chi connectivity index (χ2v) is 12.5. The maximum absolute atomic E-state index is 13.7. The predicted octanol–water partition coefficient (Wildman–Crippen LogP) is 5.31. The Bertz CT molecular complexity index is 915. The Morgan fingerprint density at radius 3 is 2.45 bits per heavy atom. The third-order valence-electron chi connectivity index (χ3n) is 11.2. The second kappa shape index (κ2) is 7.42. The number of ether oxygens (including phenoxy) is 2. The standard InChI is InChI=1S/C28H38O5/c1-26-11-7-18(29)15-17(26)16-20(25(31)32-19-5-3-4-6-19)24-21(26)8-12-27(2)22(24)9-13-28(27)14-10-23(30)33-28/h15,19-22,24H,3-14,16H2,1-2H3/t20-,21+,22-,24-,26+,27-,28-/m1/s1. The fraction of sp³-hybridized carbons (Fsp3) is 0.821. The first-order valence-corrected chi connectivity index (χ1v) is 13.4. The zero-order valence-corrected chi connectivity index (χ0v) is 20.2. The molecule has 0 N–H and O–H groups in total. The fourth-order valence-corrected chi connectivity index (χ4v) is 9.36. The van der Waals surface area contributed by atoms with Crippen LogP contribution in [0, 0.1) is 34.5 Å². The number of fused-ring (bicyclic) bond motifs is 6. The molecule has 1 saturated heterocycles.